The Morgan fingerprint density at radius 1 is 1.48 bits per heavy atom. The van der Waals surface area contributed by atoms with Crippen LogP contribution in [0.3, 0.4) is 0 Å². The zero-order valence-electron chi connectivity index (χ0n) is 10.9. The van der Waals surface area contributed by atoms with Gasteiger partial charge in [-0.2, -0.15) is 0 Å². The molecule has 0 atom stereocenters. The third kappa shape index (κ3) is 2.94. The molecule has 0 aliphatic carbocycles. The smallest absolute Gasteiger partial charge is 0.311 e. The maximum Gasteiger partial charge on any atom is 0.311 e. The highest BCUT2D eigenvalue weighted by molar-refractivity contribution is 7.20. The van der Waals surface area contributed by atoms with Gasteiger partial charge in [0, 0.05) is 22.8 Å². The third-order valence-corrected chi connectivity index (χ3v) is 5.22. The molecule has 0 fully saturated rings. The van der Waals surface area contributed by atoms with Gasteiger partial charge >= 0.3 is 5.97 Å². The van der Waals surface area contributed by atoms with E-state index in [4.69, 9.17) is 27.9 Å². The van der Waals surface area contributed by atoms with Crippen LogP contribution in [0.1, 0.15) is 12.6 Å². The van der Waals surface area contributed by atoms with Crippen molar-refractivity contribution in [1.29, 1.82) is 0 Å². The summed E-state index contributed by atoms with van der Waals surface area (Å²) in [6.07, 6.45) is 2.09. The van der Waals surface area contributed by atoms with E-state index in [0.717, 1.165) is 21.9 Å². The van der Waals surface area contributed by atoms with Gasteiger partial charge in [0.05, 0.1) is 23.1 Å². The molecule has 0 radical (unpaired) electrons. The van der Waals surface area contributed by atoms with E-state index in [1.54, 1.807) is 13.0 Å². The first-order valence-electron chi connectivity index (χ1n) is 6.14. The molecule has 0 N–H and O–H groups in total. The number of aromatic nitrogens is 2. The van der Waals surface area contributed by atoms with Crippen molar-refractivity contribution in [3.63, 3.8) is 0 Å². The predicted octanol–water partition coefficient (Wildman–Crippen LogP) is 4.54. The zero-order chi connectivity index (χ0) is 15.0. The van der Waals surface area contributed by atoms with E-state index in [9.17, 15) is 4.79 Å². The summed E-state index contributed by atoms with van der Waals surface area (Å²) in [5.41, 5.74) is 2.41. The summed E-state index contributed by atoms with van der Waals surface area (Å²) < 4.78 is 8.09. The molecule has 0 aromatic carbocycles. The first-order chi connectivity index (χ1) is 10.1. The maximum absolute atomic E-state index is 11.6. The number of imidazole rings is 1. The van der Waals surface area contributed by atoms with E-state index in [1.807, 2.05) is 16.0 Å². The average Bonchev–Trinajstić information content (AvgIpc) is 3.06. The fraction of sp³-hybridized carbons (Fsp3) is 0.231. The highest BCUT2D eigenvalue weighted by Gasteiger charge is 2.16. The molecule has 3 aromatic rings. The number of halogens is 2. The summed E-state index contributed by atoms with van der Waals surface area (Å²) in [4.78, 5) is 16.9. The lowest BCUT2D eigenvalue weighted by molar-refractivity contribution is -0.142. The van der Waals surface area contributed by atoms with Crippen LogP contribution < -0.4 is 0 Å². The van der Waals surface area contributed by atoms with Crippen molar-refractivity contribution in [2.24, 2.45) is 0 Å². The predicted molar refractivity (Wildman–Crippen MR) is 86.7 cm³/mol. The molecule has 0 amide bonds. The van der Waals surface area contributed by atoms with Crippen LogP contribution in [0.2, 0.25) is 8.67 Å². The van der Waals surface area contributed by atoms with Gasteiger partial charge in [-0.15, -0.1) is 22.7 Å². The summed E-state index contributed by atoms with van der Waals surface area (Å²) in [7, 11) is 0. The maximum atomic E-state index is 11.6. The van der Waals surface area contributed by atoms with Gasteiger partial charge in [0.15, 0.2) is 4.96 Å². The van der Waals surface area contributed by atoms with Crippen LogP contribution in [0.25, 0.3) is 16.2 Å². The van der Waals surface area contributed by atoms with E-state index >= 15 is 0 Å². The monoisotopic (exact) mass is 360 g/mol. The van der Waals surface area contributed by atoms with Gasteiger partial charge in [-0.25, -0.2) is 4.98 Å². The van der Waals surface area contributed by atoms with E-state index in [2.05, 4.69) is 4.98 Å². The molecule has 0 unspecified atom stereocenters. The lowest BCUT2D eigenvalue weighted by atomic mass is 10.3. The van der Waals surface area contributed by atoms with Crippen molar-refractivity contribution < 1.29 is 9.53 Å². The minimum atomic E-state index is -0.246. The normalized spacial score (nSPS) is 11.2. The summed E-state index contributed by atoms with van der Waals surface area (Å²) in [5.74, 6) is -0.246. The van der Waals surface area contributed by atoms with Gasteiger partial charge in [-0.1, -0.05) is 23.2 Å². The lowest BCUT2D eigenvalue weighted by Gasteiger charge is -2.00. The Morgan fingerprint density at radius 3 is 2.95 bits per heavy atom. The van der Waals surface area contributed by atoms with Crippen LogP contribution >= 0.6 is 45.9 Å². The fourth-order valence-corrected chi connectivity index (χ4v) is 4.32. The minimum Gasteiger partial charge on any atom is -0.466 e. The van der Waals surface area contributed by atoms with E-state index in [1.165, 1.54) is 22.7 Å². The Hall–Kier alpha value is -1.08. The first kappa shape index (κ1) is 14.8. The van der Waals surface area contributed by atoms with Crippen LogP contribution in [-0.4, -0.2) is 22.0 Å². The van der Waals surface area contributed by atoms with Gasteiger partial charge < -0.3 is 4.74 Å². The van der Waals surface area contributed by atoms with Crippen molar-refractivity contribution in [3.8, 4) is 11.3 Å². The van der Waals surface area contributed by atoms with Gasteiger partial charge in [0.2, 0.25) is 0 Å². The van der Waals surface area contributed by atoms with E-state index in [0.29, 0.717) is 15.3 Å². The van der Waals surface area contributed by atoms with Crippen LogP contribution in [0.4, 0.5) is 0 Å². The summed E-state index contributed by atoms with van der Waals surface area (Å²) in [5, 5.41) is 1.91. The number of ether oxygens (including phenoxy) is 1. The van der Waals surface area contributed by atoms with Crippen LogP contribution in [0.5, 0.6) is 0 Å². The number of esters is 1. The number of hydrogen-bond donors (Lipinski definition) is 0. The lowest BCUT2D eigenvalue weighted by Crippen LogP contribution is -2.08. The van der Waals surface area contributed by atoms with Crippen molar-refractivity contribution in [2.45, 2.75) is 13.3 Å². The highest BCUT2D eigenvalue weighted by Crippen LogP contribution is 2.38. The Bertz CT molecular complexity index is 806. The topological polar surface area (TPSA) is 43.6 Å². The molecule has 0 aliphatic heterocycles. The Kier molecular flexibility index (Phi) is 4.21. The molecule has 0 aliphatic rings. The van der Waals surface area contributed by atoms with Crippen molar-refractivity contribution >= 4 is 56.8 Å². The second-order valence-corrected chi connectivity index (χ2v) is 7.35. The standard InChI is InChI=1S/C13H10Cl2N2O2S2/c1-2-19-11(18)3-7-6-20-13-16-9(5-17(7)13)8-4-10(14)21-12(8)15/h4-6H,2-3H2,1H3. The second-order valence-electron chi connectivity index (χ2n) is 4.23. The number of carbonyl (C=O) groups is 1. The van der Waals surface area contributed by atoms with Crippen LogP contribution in [-0.2, 0) is 16.0 Å². The molecule has 8 heteroatoms. The van der Waals surface area contributed by atoms with Crippen molar-refractivity contribution in [2.75, 3.05) is 6.61 Å². The van der Waals surface area contributed by atoms with Crippen LogP contribution in [0.15, 0.2) is 17.6 Å². The van der Waals surface area contributed by atoms with Crippen molar-refractivity contribution in [3.05, 3.63) is 32.0 Å². The number of nitrogens with zero attached hydrogens (tertiary/aromatic N) is 2. The fourth-order valence-electron chi connectivity index (χ4n) is 1.96. The Balaban J connectivity index is 1.96. The van der Waals surface area contributed by atoms with Gasteiger partial charge in [-0.3, -0.25) is 9.20 Å². The molecule has 0 saturated heterocycles. The summed E-state index contributed by atoms with van der Waals surface area (Å²) in [6, 6.07) is 1.80. The SMILES string of the molecule is CCOC(=O)Cc1csc2nc(-c3cc(Cl)sc3Cl)cn12. The molecular formula is C13H10Cl2N2O2S2. The van der Waals surface area contributed by atoms with E-state index < -0.39 is 0 Å². The average molecular weight is 361 g/mol. The number of hydrogen-bond acceptors (Lipinski definition) is 5. The number of fused-ring (bicyclic) bond motifs is 1. The minimum absolute atomic E-state index is 0.224. The molecule has 0 bridgehead atoms. The number of rotatable bonds is 4. The van der Waals surface area contributed by atoms with Crippen LogP contribution in [0, 0.1) is 0 Å². The molecular weight excluding hydrogens is 351 g/mol. The Morgan fingerprint density at radius 2 is 2.29 bits per heavy atom. The summed E-state index contributed by atoms with van der Waals surface area (Å²) in [6.45, 7) is 2.17. The molecule has 110 valence electrons. The number of thiophene rings is 1. The molecule has 21 heavy (non-hydrogen) atoms. The quantitative estimate of drug-likeness (QED) is 0.641. The molecule has 3 rings (SSSR count). The third-order valence-electron chi connectivity index (χ3n) is 2.85. The molecule has 4 nitrogen and oxygen atoms in total. The second kappa shape index (κ2) is 5.96. The number of thiazole rings is 1. The van der Waals surface area contributed by atoms with Gasteiger partial charge in [0.1, 0.15) is 4.34 Å². The summed E-state index contributed by atoms with van der Waals surface area (Å²) >= 11 is 14.9. The van der Waals surface area contributed by atoms with Gasteiger partial charge in [0.25, 0.3) is 0 Å². The van der Waals surface area contributed by atoms with E-state index in [-0.39, 0.29) is 12.4 Å². The Labute approximate surface area is 138 Å². The molecule has 0 spiro atoms. The highest BCUT2D eigenvalue weighted by atomic mass is 35.5. The largest absolute Gasteiger partial charge is 0.466 e. The zero-order valence-corrected chi connectivity index (χ0v) is 14.1. The number of carbonyl (C=O) groups excluding carboxylic acids is 1. The first-order valence-corrected chi connectivity index (χ1v) is 8.60. The van der Waals surface area contributed by atoms with Crippen molar-refractivity contribution in [1.82, 2.24) is 9.38 Å². The molecule has 0 saturated carbocycles. The molecule has 3 aromatic heterocycles. The molecule has 3 heterocycles. The van der Waals surface area contributed by atoms with Gasteiger partial charge in [-0.05, 0) is 13.0 Å².